The smallest absolute Gasteiger partial charge is 0.0146 e. The number of halogens is 2. The van der Waals surface area contributed by atoms with Gasteiger partial charge in [0.05, 0.1) is 0 Å². The van der Waals surface area contributed by atoms with Gasteiger partial charge >= 0.3 is 0 Å². The molecule has 3 rings (SSSR count). The predicted octanol–water partition coefficient (Wildman–Crippen LogP) is 6.70. The van der Waals surface area contributed by atoms with Crippen LogP contribution < -0.4 is 0 Å². The van der Waals surface area contributed by atoms with Gasteiger partial charge in [0.25, 0.3) is 0 Å². The van der Waals surface area contributed by atoms with Crippen LogP contribution >= 0.6 is 31.9 Å². The zero-order chi connectivity index (χ0) is 13.9. The lowest BCUT2D eigenvalue weighted by Crippen LogP contribution is -2.29. The Bertz CT molecular complexity index is 250. The summed E-state index contributed by atoms with van der Waals surface area (Å²) in [5, 5.41) is 0. The van der Waals surface area contributed by atoms with Crippen molar-refractivity contribution in [2.45, 2.75) is 86.7 Å². The highest BCUT2D eigenvalue weighted by molar-refractivity contribution is 9.09. The summed E-state index contributed by atoms with van der Waals surface area (Å²) in [7, 11) is 0. The van der Waals surface area contributed by atoms with E-state index in [2.05, 4.69) is 31.9 Å². The van der Waals surface area contributed by atoms with Gasteiger partial charge in [-0.25, -0.2) is 0 Å². The van der Waals surface area contributed by atoms with Gasteiger partial charge in [-0.1, -0.05) is 31.9 Å². The highest BCUT2D eigenvalue weighted by atomic mass is 79.9. The summed E-state index contributed by atoms with van der Waals surface area (Å²) < 4.78 is 0. The Morgan fingerprint density at radius 1 is 0.350 bits per heavy atom. The van der Waals surface area contributed by atoms with Gasteiger partial charge in [0.2, 0.25) is 0 Å². The largest absolute Gasteiger partial charge is 0.0891 e. The third kappa shape index (κ3) is 4.03. The Hall–Kier alpha value is 0.960. The van der Waals surface area contributed by atoms with Crippen molar-refractivity contribution in [3.63, 3.8) is 0 Å². The summed E-state index contributed by atoms with van der Waals surface area (Å²) in [5.41, 5.74) is 0. The molecule has 0 heterocycles. The Morgan fingerprint density at radius 2 is 0.550 bits per heavy atom. The lowest BCUT2D eigenvalue weighted by molar-refractivity contribution is 0.125. The van der Waals surface area contributed by atoms with Crippen LogP contribution in [0.1, 0.15) is 77.0 Å². The van der Waals surface area contributed by atoms with Gasteiger partial charge in [0, 0.05) is 9.65 Å². The zero-order valence-electron chi connectivity index (χ0n) is 12.7. The van der Waals surface area contributed by atoms with E-state index >= 15 is 0 Å². The molecule has 2 heteroatoms. The molecule has 0 spiro atoms. The Balaban J connectivity index is 1.42. The molecule has 0 aromatic rings. The Labute approximate surface area is 142 Å². The highest BCUT2D eigenvalue weighted by Crippen LogP contribution is 2.45. The Kier molecular flexibility index (Phi) is 5.93. The second-order valence-electron chi connectivity index (χ2n) is 7.70. The molecule has 3 fully saturated rings. The fourth-order valence-corrected chi connectivity index (χ4v) is 6.24. The number of rotatable bonds is 2. The van der Waals surface area contributed by atoms with Crippen LogP contribution in [0.4, 0.5) is 0 Å². The minimum Gasteiger partial charge on any atom is -0.0891 e. The van der Waals surface area contributed by atoms with Gasteiger partial charge < -0.3 is 0 Å². The number of hydrogen-bond acceptors (Lipinski definition) is 0. The molecule has 20 heavy (non-hydrogen) atoms. The predicted molar refractivity (Wildman–Crippen MR) is 94.8 cm³/mol. The molecule has 0 amide bonds. The van der Waals surface area contributed by atoms with E-state index in [1.807, 2.05) is 0 Å². The van der Waals surface area contributed by atoms with Crippen LogP contribution in [0.25, 0.3) is 0 Å². The first-order valence-corrected chi connectivity index (χ1v) is 10.8. The van der Waals surface area contributed by atoms with Gasteiger partial charge in [-0.05, 0) is 101 Å². The third-order valence-corrected chi connectivity index (χ3v) is 8.38. The van der Waals surface area contributed by atoms with Gasteiger partial charge in [-0.3, -0.25) is 0 Å². The maximum Gasteiger partial charge on any atom is 0.0146 e. The quantitative estimate of drug-likeness (QED) is 0.448. The van der Waals surface area contributed by atoms with Crippen LogP contribution in [-0.4, -0.2) is 9.65 Å². The third-order valence-electron chi connectivity index (χ3n) is 6.55. The average molecular weight is 406 g/mol. The molecule has 0 nitrogen and oxygen atoms in total. The van der Waals surface area contributed by atoms with Gasteiger partial charge in [0.1, 0.15) is 0 Å². The van der Waals surface area contributed by atoms with Crippen molar-refractivity contribution in [1.82, 2.24) is 0 Å². The summed E-state index contributed by atoms with van der Waals surface area (Å²) in [6.45, 7) is 0. The first kappa shape index (κ1) is 15.8. The van der Waals surface area contributed by atoms with E-state index < -0.39 is 0 Å². The summed E-state index contributed by atoms with van der Waals surface area (Å²) >= 11 is 7.60. The molecule has 3 saturated carbocycles. The molecule has 0 aliphatic heterocycles. The first-order valence-electron chi connectivity index (χ1n) is 9.00. The molecule has 3 aliphatic carbocycles. The maximum atomic E-state index is 3.80. The van der Waals surface area contributed by atoms with Crippen LogP contribution in [0.15, 0.2) is 0 Å². The van der Waals surface area contributed by atoms with Crippen molar-refractivity contribution in [2.75, 3.05) is 0 Å². The average Bonchev–Trinajstić information content (AvgIpc) is 2.49. The van der Waals surface area contributed by atoms with E-state index in [1.165, 1.54) is 51.4 Å². The molecule has 0 aromatic heterocycles. The first-order chi connectivity index (χ1) is 9.72. The molecule has 0 radical (unpaired) electrons. The van der Waals surface area contributed by atoms with Gasteiger partial charge in [-0.15, -0.1) is 0 Å². The fraction of sp³-hybridized carbons (Fsp3) is 1.00. The van der Waals surface area contributed by atoms with E-state index in [-0.39, 0.29) is 0 Å². The van der Waals surface area contributed by atoms with E-state index in [4.69, 9.17) is 0 Å². The Morgan fingerprint density at radius 3 is 0.800 bits per heavy atom. The maximum absolute atomic E-state index is 3.80. The zero-order valence-corrected chi connectivity index (χ0v) is 15.9. The topological polar surface area (TPSA) is 0 Å². The molecule has 0 atom stereocenters. The summed E-state index contributed by atoms with van der Waals surface area (Å²) in [6.07, 6.45) is 17.9. The minimum atomic E-state index is 0.828. The number of hydrogen-bond donors (Lipinski definition) is 0. The van der Waals surface area contributed by atoms with Crippen LogP contribution in [0.2, 0.25) is 0 Å². The lowest BCUT2D eigenvalue weighted by atomic mass is 9.66. The highest BCUT2D eigenvalue weighted by Gasteiger charge is 2.33. The fourth-order valence-electron chi connectivity index (χ4n) is 5.19. The molecule has 3 aliphatic rings. The van der Waals surface area contributed by atoms with Crippen molar-refractivity contribution in [2.24, 2.45) is 23.7 Å². The summed E-state index contributed by atoms with van der Waals surface area (Å²) in [4.78, 5) is 1.66. The molecule has 0 bridgehead atoms. The molecule has 116 valence electrons. The van der Waals surface area contributed by atoms with Crippen molar-refractivity contribution < 1.29 is 0 Å². The van der Waals surface area contributed by atoms with E-state index in [1.54, 1.807) is 25.7 Å². The monoisotopic (exact) mass is 404 g/mol. The molecular formula is C18H30Br2. The van der Waals surface area contributed by atoms with Crippen molar-refractivity contribution in [1.29, 1.82) is 0 Å². The summed E-state index contributed by atoms with van der Waals surface area (Å²) in [5.74, 6) is 4.31. The molecule has 0 aromatic carbocycles. The second-order valence-corrected chi connectivity index (χ2v) is 10.3. The second kappa shape index (κ2) is 7.49. The van der Waals surface area contributed by atoms with Gasteiger partial charge in [-0.2, -0.15) is 0 Å². The molecule has 0 N–H and O–H groups in total. The molecule has 0 unspecified atom stereocenters. The van der Waals surface area contributed by atoms with E-state index in [0.29, 0.717) is 0 Å². The van der Waals surface area contributed by atoms with Crippen molar-refractivity contribution in [3.05, 3.63) is 0 Å². The van der Waals surface area contributed by atoms with Crippen molar-refractivity contribution >= 4 is 31.9 Å². The van der Waals surface area contributed by atoms with Crippen LogP contribution in [0.5, 0.6) is 0 Å². The number of alkyl halides is 2. The minimum absolute atomic E-state index is 0.828. The molecular weight excluding hydrogens is 376 g/mol. The summed E-state index contributed by atoms with van der Waals surface area (Å²) in [6, 6.07) is 0. The lowest BCUT2D eigenvalue weighted by Gasteiger charge is -2.40. The SMILES string of the molecule is BrC1CCC(C2CCC(C3CCC(Br)CC3)CC2)CC1. The van der Waals surface area contributed by atoms with E-state index in [9.17, 15) is 0 Å². The van der Waals surface area contributed by atoms with E-state index in [0.717, 1.165) is 33.3 Å². The van der Waals surface area contributed by atoms with Crippen molar-refractivity contribution in [3.8, 4) is 0 Å². The van der Waals surface area contributed by atoms with Crippen LogP contribution in [-0.2, 0) is 0 Å². The standard InChI is InChI=1S/C18H30Br2/c19-17-9-5-15(6-10-17)13-1-2-14(4-3-13)16-7-11-18(20)12-8-16/h13-18H,1-12H2. The van der Waals surface area contributed by atoms with Crippen LogP contribution in [0, 0.1) is 23.7 Å². The molecule has 0 saturated heterocycles. The normalized spacial score (nSPS) is 47.1. The van der Waals surface area contributed by atoms with Gasteiger partial charge in [0.15, 0.2) is 0 Å². The van der Waals surface area contributed by atoms with Crippen LogP contribution in [0.3, 0.4) is 0 Å².